The Balaban J connectivity index is 0.00000243. The Kier molecular flexibility index (Phi) is 7.44. The van der Waals surface area contributed by atoms with Crippen molar-refractivity contribution >= 4 is 12.4 Å². The van der Waals surface area contributed by atoms with Gasteiger partial charge in [-0.15, -0.1) is 12.4 Å². The molecule has 1 aromatic heterocycles. The van der Waals surface area contributed by atoms with Crippen LogP contribution < -0.4 is 15.2 Å². The second-order valence-corrected chi connectivity index (χ2v) is 5.48. The van der Waals surface area contributed by atoms with Gasteiger partial charge in [-0.05, 0) is 36.8 Å². The summed E-state index contributed by atoms with van der Waals surface area (Å²) in [4.78, 5) is 4.46. The molecule has 2 N–H and O–H groups in total. The Morgan fingerprint density at radius 3 is 2.23 bits per heavy atom. The normalized spacial score (nSPS) is 10.2. The van der Waals surface area contributed by atoms with Crippen LogP contribution in [0.25, 0.3) is 0 Å². The average Bonchev–Trinajstić information content (AvgIpc) is 3.04. The van der Waals surface area contributed by atoms with Gasteiger partial charge >= 0.3 is 0 Å². The smallest absolute Gasteiger partial charge is 0.188 e. The van der Waals surface area contributed by atoms with Crippen LogP contribution in [0.5, 0.6) is 11.5 Å². The number of nitrogens with two attached hydrogens (primary N) is 1. The monoisotopic (exact) mass is 374 g/mol. The van der Waals surface area contributed by atoms with Crippen molar-refractivity contribution < 1.29 is 9.47 Å². The van der Waals surface area contributed by atoms with E-state index in [0.29, 0.717) is 32.1 Å². The van der Waals surface area contributed by atoms with E-state index in [1.165, 1.54) is 0 Å². The fourth-order valence-electron chi connectivity index (χ4n) is 2.47. The number of nitrogens with zero attached hydrogens (tertiary/aromatic N) is 3. The van der Waals surface area contributed by atoms with Crippen molar-refractivity contribution in [3.05, 3.63) is 71.8 Å². The van der Waals surface area contributed by atoms with Crippen LogP contribution >= 0.6 is 12.4 Å². The molecule has 26 heavy (non-hydrogen) atoms. The maximum absolute atomic E-state index is 5.79. The fraction of sp³-hybridized carbons (Fsp3) is 0.263. The lowest BCUT2D eigenvalue weighted by atomic mass is 10.2. The molecule has 0 aliphatic carbocycles. The lowest BCUT2D eigenvalue weighted by Gasteiger charge is -2.06. The van der Waals surface area contributed by atoms with Crippen LogP contribution in [0.15, 0.2) is 54.6 Å². The van der Waals surface area contributed by atoms with Crippen molar-refractivity contribution in [3.8, 4) is 11.5 Å². The SMILES string of the molecule is CCOc1ccc(OCc2nc(CN)n(Cc3ccccc3)n2)cc1.Cl. The van der Waals surface area contributed by atoms with E-state index in [-0.39, 0.29) is 12.4 Å². The Labute approximate surface area is 159 Å². The predicted octanol–water partition coefficient (Wildman–Crippen LogP) is 3.18. The Hall–Kier alpha value is -2.57. The zero-order valence-electron chi connectivity index (χ0n) is 14.7. The Morgan fingerprint density at radius 2 is 1.62 bits per heavy atom. The van der Waals surface area contributed by atoms with Crippen LogP contribution in [0.2, 0.25) is 0 Å². The minimum Gasteiger partial charge on any atom is -0.494 e. The first-order valence-corrected chi connectivity index (χ1v) is 8.30. The number of ether oxygens (including phenoxy) is 2. The summed E-state index contributed by atoms with van der Waals surface area (Å²) in [5.41, 5.74) is 6.95. The third-order valence-electron chi connectivity index (χ3n) is 3.65. The molecule has 1 heterocycles. The molecule has 3 aromatic rings. The molecule has 0 unspecified atom stereocenters. The summed E-state index contributed by atoms with van der Waals surface area (Å²) < 4.78 is 13.0. The van der Waals surface area contributed by atoms with Crippen molar-refractivity contribution in [2.45, 2.75) is 26.6 Å². The number of halogens is 1. The van der Waals surface area contributed by atoms with Gasteiger partial charge in [0.2, 0.25) is 0 Å². The summed E-state index contributed by atoms with van der Waals surface area (Å²) >= 11 is 0. The van der Waals surface area contributed by atoms with E-state index in [1.54, 1.807) is 0 Å². The maximum Gasteiger partial charge on any atom is 0.188 e. The number of hydrogen-bond acceptors (Lipinski definition) is 5. The molecular formula is C19H23ClN4O2. The molecule has 0 saturated carbocycles. The fourth-order valence-corrected chi connectivity index (χ4v) is 2.47. The zero-order chi connectivity index (χ0) is 17.5. The van der Waals surface area contributed by atoms with Crippen LogP contribution in [-0.4, -0.2) is 21.4 Å². The van der Waals surface area contributed by atoms with Gasteiger partial charge in [0.1, 0.15) is 23.9 Å². The highest BCUT2D eigenvalue weighted by Crippen LogP contribution is 2.18. The summed E-state index contributed by atoms with van der Waals surface area (Å²) in [7, 11) is 0. The highest BCUT2D eigenvalue weighted by Gasteiger charge is 2.10. The molecule has 0 atom stereocenters. The van der Waals surface area contributed by atoms with E-state index in [1.807, 2.05) is 54.1 Å². The average molecular weight is 375 g/mol. The van der Waals surface area contributed by atoms with Crippen molar-refractivity contribution in [1.29, 1.82) is 0 Å². The standard InChI is InChI=1S/C19H22N4O2.ClH/c1-2-24-16-8-10-17(11-9-16)25-14-18-21-19(12-20)23(22-18)13-15-6-4-3-5-7-15;/h3-11H,2,12-14,20H2,1H3;1H. The Morgan fingerprint density at radius 1 is 0.962 bits per heavy atom. The summed E-state index contributed by atoms with van der Waals surface area (Å²) in [5.74, 6) is 2.93. The molecule has 0 aliphatic heterocycles. The molecular weight excluding hydrogens is 352 g/mol. The van der Waals surface area contributed by atoms with Gasteiger partial charge in [0.05, 0.1) is 19.7 Å². The highest BCUT2D eigenvalue weighted by atomic mass is 35.5. The molecule has 3 rings (SSSR count). The second kappa shape index (κ2) is 9.79. The van der Waals surface area contributed by atoms with E-state index in [2.05, 4.69) is 22.2 Å². The van der Waals surface area contributed by atoms with Gasteiger partial charge in [-0.25, -0.2) is 9.67 Å². The number of hydrogen-bond donors (Lipinski definition) is 1. The van der Waals surface area contributed by atoms with Gasteiger partial charge < -0.3 is 15.2 Å². The van der Waals surface area contributed by atoms with E-state index in [0.717, 1.165) is 22.9 Å². The van der Waals surface area contributed by atoms with Crippen LogP contribution in [0, 0.1) is 0 Å². The third kappa shape index (κ3) is 5.21. The van der Waals surface area contributed by atoms with Gasteiger partial charge in [0, 0.05) is 0 Å². The lowest BCUT2D eigenvalue weighted by molar-refractivity contribution is 0.293. The lowest BCUT2D eigenvalue weighted by Crippen LogP contribution is -2.10. The largest absolute Gasteiger partial charge is 0.494 e. The predicted molar refractivity (Wildman–Crippen MR) is 103 cm³/mol. The van der Waals surface area contributed by atoms with E-state index in [4.69, 9.17) is 15.2 Å². The number of benzene rings is 2. The molecule has 0 aliphatic rings. The van der Waals surface area contributed by atoms with Crippen molar-refractivity contribution in [1.82, 2.24) is 14.8 Å². The van der Waals surface area contributed by atoms with Gasteiger partial charge in [-0.1, -0.05) is 30.3 Å². The summed E-state index contributed by atoms with van der Waals surface area (Å²) in [6.45, 7) is 3.87. The van der Waals surface area contributed by atoms with Crippen molar-refractivity contribution in [3.63, 3.8) is 0 Å². The molecule has 0 bridgehead atoms. The summed E-state index contributed by atoms with van der Waals surface area (Å²) in [6.07, 6.45) is 0. The van der Waals surface area contributed by atoms with Gasteiger partial charge in [-0.2, -0.15) is 5.10 Å². The molecule has 138 valence electrons. The van der Waals surface area contributed by atoms with Gasteiger partial charge in [0.15, 0.2) is 5.82 Å². The van der Waals surface area contributed by atoms with E-state index < -0.39 is 0 Å². The molecule has 0 fully saturated rings. The zero-order valence-corrected chi connectivity index (χ0v) is 15.5. The summed E-state index contributed by atoms with van der Waals surface area (Å²) in [6, 6.07) is 17.6. The molecule has 2 aromatic carbocycles. The first-order chi connectivity index (χ1) is 12.3. The van der Waals surface area contributed by atoms with Crippen LogP contribution in [0.1, 0.15) is 24.1 Å². The summed E-state index contributed by atoms with van der Waals surface area (Å²) in [5, 5.41) is 4.51. The second-order valence-electron chi connectivity index (χ2n) is 5.48. The molecule has 6 nitrogen and oxygen atoms in total. The number of rotatable bonds is 8. The van der Waals surface area contributed by atoms with Crippen LogP contribution in [0.3, 0.4) is 0 Å². The maximum atomic E-state index is 5.79. The minimum absolute atomic E-state index is 0. The van der Waals surface area contributed by atoms with E-state index >= 15 is 0 Å². The van der Waals surface area contributed by atoms with E-state index in [9.17, 15) is 0 Å². The molecule has 7 heteroatoms. The first-order valence-electron chi connectivity index (χ1n) is 8.30. The van der Waals surface area contributed by atoms with Crippen molar-refractivity contribution in [2.75, 3.05) is 6.61 Å². The molecule has 0 amide bonds. The molecule has 0 saturated heterocycles. The highest BCUT2D eigenvalue weighted by molar-refractivity contribution is 5.85. The Bertz CT molecular complexity index is 791. The number of aromatic nitrogens is 3. The molecule has 0 spiro atoms. The first kappa shape index (κ1) is 19.8. The third-order valence-corrected chi connectivity index (χ3v) is 3.65. The minimum atomic E-state index is 0. The van der Waals surface area contributed by atoms with Gasteiger partial charge in [0.25, 0.3) is 0 Å². The van der Waals surface area contributed by atoms with Crippen LogP contribution in [0.4, 0.5) is 0 Å². The van der Waals surface area contributed by atoms with Crippen molar-refractivity contribution in [2.24, 2.45) is 5.73 Å². The quantitative estimate of drug-likeness (QED) is 0.655. The van der Waals surface area contributed by atoms with Crippen LogP contribution in [-0.2, 0) is 19.7 Å². The van der Waals surface area contributed by atoms with Gasteiger partial charge in [-0.3, -0.25) is 0 Å². The topological polar surface area (TPSA) is 75.2 Å². The molecule has 0 radical (unpaired) electrons.